The molecule has 2 aromatic rings. The molecule has 0 unspecified atom stereocenters. The van der Waals surface area contributed by atoms with Crippen LogP contribution in [-0.2, 0) is 4.79 Å². The first-order chi connectivity index (χ1) is 13.9. The molecule has 6 nitrogen and oxygen atoms in total. The van der Waals surface area contributed by atoms with E-state index < -0.39 is 6.09 Å². The van der Waals surface area contributed by atoms with Gasteiger partial charge in [0.05, 0.1) is 0 Å². The van der Waals surface area contributed by atoms with E-state index in [1.807, 2.05) is 32.0 Å². The molecule has 3 rings (SSSR count). The number of benzene rings is 2. The third kappa shape index (κ3) is 5.87. The first-order valence-electron chi connectivity index (χ1n) is 9.63. The Morgan fingerprint density at radius 2 is 1.69 bits per heavy atom. The van der Waals surface area contributed by atoms with Gasteiger partial charge in [0.15, 0.2) is 6.61 Å². The Kier molecular flexibility index (Phi) is 6.99. The van der Waals surface area contributed by atoms with Gasteiger partial charge in [0, 0.05) is 24.2 Å². The molecule has 0 bridgehead atoms. The molecule has 29 heavy (non-hydrogen) atoms. The highest BCUT2D eigenvalue weighted by Crippen LogP contribution is 2.26. The summed E-state index contributed by atoms with van der Waals surface area (Å²) < 4.78 is 10.9. The van der Waals surface area contributed by atoms with Gasteiger partial charge in [-0.2, -0.15) is 0 Å². The van der Waals surface area contributed by atoms with Gasteiger partial charge in [-0.1, -0.05) is 29.8 Å². The van der Waals surface area contributed by atoms with E-state index in [1.54, 1.807) is 29.2 Å². The summed E-state index contributed by atoms with van der Waals surface area (Å²) in [5, 5.41) is 3.57. The van der Waals surface area contributed by atoms with Crippen LogP contribution in [0, 0.1) is 13.8 Å². The van der Waals surface area contributed by atoms with Crippen LogP contribution in [-0.4, -0.2) is 42.6 Å². The van der Waals surface area contributed by atoms with Gasteiger partial charge in [0.1, 0.15) is 11.5 Å². The number of aryl methyl sites for hydroxylation is 2. The fourth-order valence-electron chi connectivity index (χ4n) is 3.29. The van der Waals surface area contributed by atoms with Crippen molar-refractivity contribution >= 4 is 23.6 Å². The molecule has 1 fully saturated rings. The molecule has 0 saturated carbocycles. The third-order valence-corrected chi connectivity index (χ3v) is 5.49. The van der Waals surface area contributed by atoms with Crippen LogP contribution in [0.2, 0.25) is 5.02 Å². The lowest BCUT2D eigenvalue weighted by Gasteiger charge is -2.32. The zero-order valence-electron chi connectivity index (χ0n) is 16.6. The van der Waals surface area contributed by atoms with E-state index >= 15 is 0 Å². The highest BCUT2D eigenvalue weighted by atomic mass is 35.5. The fourth-order valence-corrected chi connectivity index (χ4v) is 3.40. The second-order valence-corrected chi connectivity index (χ2v) is 7.54. The molecule has 2 amide bonds. The van der Waals surface area contributed by atoms with Gasteiger partial charge in [0.25, 0.3) is 5.91 Å². The van der Waals surface area contributed by atoms with Crippen LogP contribution in [0.3, 0.4) is 0 Å². The van der Waals surface area contributed by atoms with Crippen LogP contribution in [0.25, 0.3) is 0 Å². The maximum Gasteiger partial charge on any atom is 0.412 e. The number of carbonyl (C=O) groups is 2. The van der Waals surface area contributed by atoms with Crippen molar-refractivity contribution in [1.82, 2.24) is 10.2 Å². The number of nitrogens with zero attached hydrogens (tertiary/aromatic N) is 1. The quantitative estimate of drug-likeness (QED) is 0.796. The Morgan fingerprint density at radius 1 is 1.07 bits per heavy atom. The Hall–Kier alpha value is -2.73. The number of amides is 2. The molecule has 1 heterocycles. The third-order valence-electron chi connectivity index (χ3n) is 4.90. The molecule has 0 aliphatic carbocycles. The van der Waals surface area contributed by atoms with Crippen molar-refractivity contribution in [2.24, 2.45) is 0 Å². The molecule has 154 valence electrons. The van der Waals surface area contributed by atoms with E-state index in [0.29, 0.717) is 42.5 Å². The van der Waals surface area contributed by atoms with Crippen LogP contribution in [0.5, 0.6) is 11.5 Å². The molecule has 1 aliphatic rings. The second kappa shape index (κ2) is 9.65. The van der Waals surface area contributed by atoms with E-state index in [9.17, 15) is 9.59 Å². The summed E-state index contributed by atoms with van der Waals surface area (Å²) in [5.41, 5.74) is 1.84. The molecule has 0 spiro atoms. The van der Waals surface area contributed by atoms with Gasteiger partial charge in [-0.05, 0) is 62.1 Å². The minimum Gasteiger partial charge on any atom is -0.484 e. The minimum absolute atomic E-state index is 0.0160. The number of para-hydroxylation sites is 1. The topological polar surface area (TPSA) is 67.9 Å². The molecule has 0 aromatic heterocycles. The number of carbonyl (C=O) groups excluding carboxylic acids is 2. The van der Waals surface area contributed by atoms with Crippen LogP contribution < -0.4 is 14.8 Å². The maximum atomic E-state index is 12.4. The average Bonchev–Trinajstić information content (AvgIpc) is 2.71. The van der Waals surface area contributed by atoms with Crippen molar-refractivity contribution < 1.29 is 19.1 Å². The van der Waals surface area contributed by atoms with Crippen LogP contribution in [0.1, 0.15) is 24.0 Å². The SMILES string of the molecule is Cc1cc(OCC(=O)N2CCC(NC(=O)Oc3ccccc3)CC2)cc(C)c1Cl. The number of ether oxygens (including phenoxy) is 2. The summed E-state index contributed by atoms with van der Waals surface area (Å²) >= 11 is 6.16. The normalized spacial score (nSPS) is 14.4. The first-order valence-corrected chi connectivity index (χ1v) is 10.0. The molecule has 7 heteroatoms. The Morgan fingerprint density at radius 3 is 2.31 bits per heavy atom. The number of piperidine rings is 1. The van der Waals surface area contributed by atoms with Gasteiger partial charge in [-0.15, -0.1) is 0 Å². The van der Waals surface area contributed by atoms with Gasteiger partial charge in [0.2, 0.25) is 0 Å². The maximum absolute atomic E-state index is 12.4. The largest absolute Gasteiger partial charge is 0.484 e. The van der Waals surface area contributed by atoms with Crippen molar-refractivity contribution in [1.29, 1.82) is 0 Å². The van der Waals surface area contributed by atoms with Crippen molar-refractivity contribution in [3.63, 3.8) is 0 Å². The smallest absolute Gasteiger partial charge is 0.412 e. The van der Waals surface area contributed by atoms with Gasteiger partial charge < -0.3 is 19.7 Å². The summed E-state index contributed by atoms with van der Waals surface area (Å²) in [4.78, 5) is 26.2. The van der Waals surface area contributed by atoms with E-state index in [4.69, 9.17) is 21.1 Å². The number of likely N-dealkylation sites (tertiary alicyclic amines) is 1. The second-order valence-electron chi connectivity index (χ2n) is 7.16. The van der Waals surface area contributed by atoms with Crippen molar-refractivity contribution in [2.75, 3.05) is 19.7 Å². The Balaban J connectivity index is 1.42. The zero-order chi connectivity index (χ0) is 20.8. The zero-order valence-corrected chi connectivity index (χ0v) is 17.4. The molecular weight excluding hydrogens is 392 g/mol. The Bertz CT molecular complexity index is 841. The lowest BCUT2D eigenvalue weighted by atomic mass is 10.1. The minimum atomic E-state index is -0.474. The lowest BCUT2D eigenvalue weighted by Crippen LogP contribution is -2.48. The van der Waals surface area contributed by atoms with E-state index in [1.165, 1.54) is 0 Å². The highest BCUT2D eigenvalue weighted by molar-refractivity contribution is 6.32. The summed E-state index contributed by atoms with van der Waals surface area (Å²) in [6.07, 6.45) is 0.877. The summed E-state index contributed by atoms with van der Waals surface area (Å²) in [5.74, 6) is 1.07. The number of halogens is 1. The van der Waals surface area contributed by atoms with E-state index in [0.717, 1.165) is 11.1 Å². The molecule has 2 aromatic carbocycles. The highest BCUT2D eigenvalue weighted by Gasteiger charge is 2.24. The van der Waals surface area contributed by atoms with E-state index in [-0.39, 0.29) is 18.6 Å². The van der Waals surface area contributed by atoms with Gasteiger partial charge in [-0.25, -0.2) is 4.79 Å². The summed E-state index contributed by atoms with van der Waals surface area (Å²) in [6, 6.07) is 12.6. The van der Waals surface area contributed by atoms with Gasteiger partial charge in [-0.3, -0.25) is 4.79 Å². The molecule has 1 saturated heterocycles. The van der Waals surface area contributed by atoms with E-state index in [2.05, 4.69) is 5.32 Å². The number of rotatable bonds is 5. The summed E-state index contributed by atoms with van der Waals surface area (Å²) in [7, 11) is 0. The standard InChI is InChI=1S/C22H25ClN2O4/c1-15-12-19(13-16(2)21(15)23)28-14-20(26)25-10-8-17(9-11-25)24-22(27)29-18-6-4-3-5-7-18/h3-7,12-13,17H,8-11,14H2,1-2H3,(H,24,27). The molecule has 0 atom stereocenters. The fraction of sp³-hybridized carbons (Fsp3) is 0.364. The molecule has 1 N–H and O–H groups in total. The van der Waals surface area contributed by atoms with Crippen LogP contribution in [0.15, 0.2) is 42.5 Å². The van der Waals surface area contributed by atoms with Crippen molar-refractivity contribution in [2.45, 2.75) is 32.7 Å². The number of nitrogens with one attached hydrogen (secondary N) is 1. The Labute approximate surface area is 175 Å². The molecular formula is C22H25ClN2O4. The molecule has 0 radical (unpaired) electrons. The first kappa shape index (κ1) is 21.0. The van der Waals surface area contributed by atoms with Crippen molar-refractivity contribution in [3.05, 3.63) is 58.6 Å². The van der Waals surface area contributed by atoms with Crippen molar-refractivity contribution in [3.8, 4) is 11.5 Å². The summed E-state index contributed by atoms with van der Waals surface area (Å²) in [6.45, 7) is 4.93. The number of hydrogen-bond acceptors (Lipinski definition) is 4. The lowest BCUT2D eigenvalue weighted by molar-refractivity contribution is -0.134. The molecule has 1 aliphatic heterocycles. The van der Waals surface area contributed by atoms with Crippen LogP contribution in [0.4, 0.5) is 4.79 Å². The number of hydrogen-bond donors (Lipinski definition) is 1. The average molecular weight is 417 g/mol. The predicted octanol–water partition coefficient (Wildman–Crippen LogP) is 4.12. The van der Waals surface area contributed by atoms with Crippen LogP contribution >= 0.6 is 11.6 Å². The van der Waals surface area contributed by atoms with Gasteiger partial charge >= 0.3 is 6.09 Å². The monoisotopic (exact) mass is 416 g/mol. The predicted molar refractivity (Wildman–Crippen MR) is 112 cm³/mol.